The molecule has 0 bridgehead atoms. The van der Waals surface area contributed by atoms with E-state index >= 15 is 0 Å². The van der Waals surface area contributed by atoms with Crippen molar-refractivity contribution in [2.45, 2.75) is 50.5 Å². The molecule has 1 aromatic rings. The van der Waals surface area contributed by atoms with Gasteiger partial charge in [-0.25, -0.2) is 0 Å². The highest BCUT2D eigenvalue weighted by Crippen LogP contribution is 2.41. The number of anilines is 2. The topological polar surface area (TPSA) is 67.2 Å². The van der Waals surface area contributed by atoms with Crippen LogP contribution in [0.5, 0.6) is 0 Å². The molecule has 1 amide bonds. The fourth-order valence-corrected chi connectivity index (χ4v) is 4.07. The molecule has 0 aromatic carbocycles. The molecule has 4 nitrogen and oxygen atoms in total. The first-order valence-electron chi connectivity index (χ1n) is 7.54. The second-order valence-electron chi connectivity index (χ2n) is 5.92. The van der Waals surface area contributed by atoms with E-state index in [9.17, 15) is 4.79 Å². The summed E-state index contributed by atoms with van der Waals surface area (Å²) in [6.07, 6.45) is 6.52. The zero-order chi connectivity index (χ0) is 15.4. The average molecular weight is 328 g/mol. The van der Waals surface area contributed by atoms with Crippen molar-refractivity contribution in [2.24, 2.45) is 5.92 Å². The number of thiophene rings is 1. The minimum Gasteiger partial charge on any atom is -0.396 e. The van der Waals surface area contributed by atoms with Crippen molar-refractivity contribution in [3.05, 3.63) is 4.88 Å². The molecule has 1 saturated carbocycles. The normalized spacial score (nSPS) is 14.5. The Hall–Kier alpha value is -0.880. The summed E-state index contributed by atoms with van der Waals surface area (Å²) in [6.45, 7) is 5.39. The van der Waals surface area contributed by atoms with Gasteiger partial charge in [-0.2, -0.15) is 0 Å². The molecule has 6 heteroatoms. The first kappa shape index (κ1) is 16.5. The molecule has 1 aromatic heterocycles. The number of nitrogens with one attached hydrogen (secondary N) is 2. The van der Waals surface area contributed by atoms with Gasteiger partial charge >= 0.3 is 0 Å². The number of hydrogen-bond acceptors (Lipinski definition) is 5. The van der Waals surface area contributed by atoms with E-state index in [1.807, 2.05) is 6.26 Å². The number of thioether (sulfide) groups is 1. The summed E-state index contributed by atoms with van der Waals surface area (Å²) >= 11 is 3.08. The molecule has 0 aliphatic heterocycles. The lowest BCUT2D eigenvalue weighted by molar-refractivity contribution is 0.0956. The van der Waals surface area contributed by atoms with Crippen molar-refractivity contribution in [2.75, 3.05) is 23.9 Å². The zero-order valence-electron chi connectivity index (χ0n) is 13.0. The van der Waals surface area contributed by atoms with Crippen LogP contribution in [-0.2, 0) is 0 Å². The Balaban J connectivity index is 2.00. The Morgan fingerprint density at radius 3 is 2.76 bits per heavy atom. The number of rotatable bonds is 8. The van der Waals surface area contributed by atoms with Gasteiger partial charge in [0.2, 0.25) is 0 Å². The monoisotopic (exact) mass is 327 g/mol. The van der Waals surface area contributed by atoms with E-state index in [-0.39, 0.29) is 5.91 Å². The van der Waals surface area contributed by atoms with Gasteiger partial charge in [-0.1, -0.05) is 13.8 Å². The summed E-state index contributed by atoms with van der Waals surface area (Å²) < 4.78 is 0. The molecule has 1 fully saturated rings. The lowest BCUT2D eigenvalue weighted by Gasteiger charge is -2.07. The number of nitrogens with two attached hydrogens (primary N) is 1. The lowest BCUT2D eigenvalue weighted by Crippen LogP contribution is -2.25. The van der Waals surface area contributed by atoms with Gasteiger partial charge in [0.05, 0.1) is 10.6 Å². The van der Waals surface area contributed by atoms with Crippen molar-refractivity contribution in [1.29, 1.82) is 0 Å². The SMILES string of the molecule is CSc1c(NCCCC(C)C)sc(C(=O)NC2CC2)c1N. The molecule has 1 heterocycles. The van der Waals surface area contributed by atoms with Crippen LogP contribution >= 0.6 is 23.1 Å². The average Bonchev–Trinajstić information content (AvgIpc) is 3.17. The molecular formula is C15H25N3OS2. The van der Waals surface area contributed by atoms with Crippen LogP contribution in [0.2, 0.25) is 0 Å². The van der Waals surface area contributed by atoms with Crippen LogP contribution in [0.1, 0.15) is 49.2 Å². The van der Waals surface area contributed by atoms with Crippen molar-refractivity contribution >= 4 is 39.7 Å². The Kier molecular flexibility index (Phi) is 5.81. The highest BCUT2D eigenvalue weighted by atomic mass is 32.2. The smallest absolute Gasteiger partial charge is 0.263 e. The largest absolute Gasteiger partial charge is 0.396 e. The molecule has 118 valence electrons. The molecular weight excluding hydrogens is 302 g/mol. The summed E-state index contributed by atoms with van der Waals surface area (Å²) in [5, 5.41) is 7.49. The van der Waals surface area contributed by atoms with E-state index in [2.05, 4.69) is 24.5 Å². The molecule has 0 saturated heterocycles. The van der Waals surface area contributed by atoms with Crippen molar-refractivity contribution < 1.29 is 4.79 Å². The molecule has 1 aliphatic rings. The minimum atomic E-state index is -0.0227. The van der Waals surface area contributed by atoms with Gasteiger partial charge in [0, 0.05) is 12.6 Å². The van der Waals surface area contributed by atoms with Gasteiger partial charge in [-0.15, -0.1) is 23.1 Å². The van der Waals surface area contributed by atoms with E-state index in [1.54, 1.807) is 11.8 Å². The molecule has 2 rings (SSSR count). The number of carbonyl (C=O) groups is 1. The predicted octanol–water partition coefficient (Wildman–Crippen LogP) is 3.79. The quantitative estimate of drug-likeness (QED) is 0.502. The van der Waals surface area contributed by atoms with Crippen molar-refractivity contribution in [3.63, 3.8) is 0 Å². The van der Waals surface area contributed by atoms with Gasteiger partial charge < -0.3 is 16.4 Å². The third kappa shape index (κ3) is 4.54. The maximum atomic E-state index is 12.2. The molecule has 0 radical (unpaired) electrons. The van der Waals surface area contributed by atoms with Gasteiger partial charge in [-0.3, -0.25) is 4.79 Å². The predicted molar refractivity (Wildman–Crippen MR) is 93.6 cm³/mol. The molecule has 0 spiro atoms. The Morgan fingerprint density at radius 2 is 2.19 bits per heavy atom. The van der Waals surface area contributed by atoms with Gasteiger partial charge in [0.25, 0.3) is 5.91 Å². The van der Waals surface area contributed by atoms with E-state index in [0.29, 0.717) is 16.6 Å². The second-order valence-corrected chi connectivity index (χ2v) is 7.75. The van der Waals surface area contributed by atoms with Crippen LogP contribution in [0.25, 0.3) is 0 Å². The highest BCUT2D eigenvalue weighted by Gasteiger charge is 2.27. The summed E-state index contributed by atoms with van der Waals surface area (Å²) in [5.41, 5.74) is 6.78. The van der Waals surface area contributed by atoms with Crippen LogP contribution in [0.3, 0.4) is 0 Å². The number of hydrogen-bond donors (Lipinski definition) is 3. The standard InChI is InChI=1S/C15H25N3OS2/c1-9(2)5-4-8-17-15-13(20-3)11(16)12(21-15)14(19)18-10-6-7-10/h9-10,17H,4-8,16H2,1-3H3,(H,18,19). The first-order chi connectivity index (χ1) is 10.0. The van der Waals surface area contributed by atoms with Crippen LogP contribution in [0.15, 0.2) is 4.90 Å². The van der Waals surface area contributed by atoms with Crippen molar-refractivity contribution in [3.8, 4) is 0 Å². The highest BCUT2D eigenvalue weighted by molar-refractivity contribution is 7.99. The Morgan fingerprint density at radius 1 is 1.48 bits per heavy atom. The van der Waals surface area contributed by atoms with Gasteiger partial charge in [-0.05, 0) is 37.9 Å². The van der Waals surface area contributed by atoms with Gasteiger partial charge in [0.15, 0.2) is 0 Å². The van der Waals surface area contributed by atoms with E-state index in [4.69, 9.17) is 5.73 Å². The minimum absolute atomic E-state index is 0.0227. The molecule has 0 unspecified atom stereocenters. The number of nitrogen functional groups attached to an aromatic ring is 1. The number of carbonyl (C=O) groups excluding carboxylic acids is 1. The fraction of sp³-hybridized carbons (Fsp3) is 0.667. The second kappa shape index (κ2) is 7.40. The van der Waals surface area contributed by atoms with Gasteiger partial charge in [0.1, 0.15) is 9.88 Å². The third-order valence-corrected chi connectivity index (χ3v) is 5.59. The lowest BCUT2D eigenvalue weighted by atomic mass is 10.1. The van der Waals surface area contributed by atoms with E-state index in [1.165, 1.54) is 17.8 Å². The molecule has 1 aliphatic carbocycles. The summed E-state index contributed by atoms with van der Waals surface area (Å²) in [7, 11) is 0. The van der Waals surface area contributed by atoms with Crippen LogP contribution in [0.4, 0.5) is 10.7 Å². The zero-order valence-corrected chi connectivity index (χ0v) is 14.6. The first-order valence-corrected chi connectivity index (χ1v) is 9.58. The third-order valence-electron chi connectivity index (χ3n) is 3.47. The summed E-state index contributed by atoms with van der Waals surface area (Å²) in [6, 6.07) is 0.360. The van der Waals surface area contributed by atoms with Crippen LogP contribution in [-0.4, -0.2) is 24.7 Å². The van der Waals surface area contributed by atoms with Crippen LogP contribution < -0.4 is 16.4 Å². The summed E-state index contributed by atoms with van der Waals surface area (Å²) in [5.74, 6) is 0.700. The molecule has 0 atom stereocenters. The van der Waals surface area contributed by atoms with E-state index < -0.39 is 0 Å². The maximum Gasteiger partial charge on any atom is 0.263 e. The molecule has 21 heavy (non-hydrogen) atoms. The molecule has 4 N–H and O–H groups in total. The van der Waals surface area contributed by atoms with Crippen molar-refractivity contribution in [1.82, 2.24) is 5.32 Å². The van der Waals surface area contributed by atoms with Crippen LogP contribution in [0, 0.1) is 5.92 Å². The maximum absolute atomic E-state index is 12.2. The summed E-state index contributed by atoms with van der Waals surface area (Å²) in [4.78, 5) is 13.9. The fourth-order valence-electron chi connectivity index (χ4n) is 2.11. The Labute approximate surface area is 135 Å². The number of amides is 1. The Bertz CT molecular complexity index is 495. The van der Waals surface area contributed by atoms with E-state index in [0.717, 1.165) is 41.6 Å².